The van der Waals surface area contributed by atoms with E-state index in [9.17, 15) is 24.6 Å². The van der Waals surface area contributed by atoms with Crippen molar-refractivity contribution in [1.29, 1.82) is 0 Å². The second-order valence-electron chi connectivity index (χ2n) is 9.39. The van der Waals surface area contributed by atoms with Gasteiger partial charge in [0, 0.05) is 17.8 Å². The number of rotatable bonds is 1. The molecule has 0 saturated heterocycles. The van der Waals surface area contributed by atoms with Crippen molar-refractivity contribution >= 4 is 17.5 Å². The number of carboxylic acid groups (broad SMARTS) is 1. The second kappa shape index (κ2) is 5.38. The predicted octanol–water partition coefficient (Wildman–Crippen LogP) is 2.58. The summed E-state index contributed by atoms with van der Waals surface area (Å²) in [6, 6.07) is 0. The Kier molecular flexibility index (Phi) is 3.73. The average molecular weight is 394 g/mol. The molecule has 4 aliphatic rings. The summed E-state index contributed by atoms with van der Waals surface area (Å²) in [7, 11) is 0. The number of aliphatic hydroxyl groups is 1. The van der Waals surface area contributed by atoms with Crippen LogP contribution in [0.5, 0.6) is 0 Å². The van der Waals surface area contributed by atoms with Gasteiger partial charge in [0.2, 0.25) is 0 Å². The summed E-state index contributed by atoms with van der Waals surface area (Å²) >= 11 is 0. The molecule has 0 aromatic carbocycles. The predicted molar refractivity (Wildman–Crippen MR) is 94.8 cm³/mol. The minimum absolute atomic E-state index is 0.0322. The van der Waals surface area contributed by atoms with E-state index < -0.39 is 70.0 Å². The molecule has 4 rings (SSSR count). The molecular weight excluding hydrogens is 370 g/mol. The molecule has 28 heavy (non-hydrogen) atoms. The van der Waals surface area contributed by atoms with E-state index in [0.717, 1.165) is 12.2 Å². The molecule has 3 saturated carbocycles. The van der Waals surface area contributed by atoms with E-state index in [-0.39, 0.29) is 18.4 Å². The highest BCUT2D eigenvalue weighted by Gasteiger charge is 2.77. The van der Waals surface area contributed by atoms with E-state index in [1.165, 1.54) is 19.9 Å². The Hall–Kier alpha value is -1.89. The molecule has 0 amide bonds. The third kappa shape index (κ3) is 1.86. The monoisotopic (exact) mass is 394 g/mol. The standard InChI is InChI=1S/C21H24F2O5/c1-10-6-12-13-8-15(22)14-7-11(24)4-5-18(14,2)20(13,23)16(25)9-19(12,3)21(10,28)17(26)27/h4-5,7,10,12-13,15,28H,6,8-9H2,1-3H3,(H,26,27)/t10-,12?,13?,15+,18+,19+,20+,21+/m1/s1. The van der Waals surface area contributed by atoms with E-state index in [0.29, 0.717) is 0 Å². The molecule has 0 heterocycles. The van der Waals surface area contributed by atoms with Crippen molar-refractivity contribution in [1.82, 2.24) is 0 Å². The molecule has 2 unspecified atom stereocenters. The first kappa shape index (κ1) is 19.4. The topological polar surface area (TPSA) is 91.7 Å². The molecule has 8 atom stereocenters. The summed E-state index contributed by atoms with van der Waals surface area (Å²) in [5.41, 5.74) is -7.66. The van der Waals surface area contributed by atoms with Gasteiger partial charge in [-0.05, 0) is 49.3 Å². The fourth-order valence-electron chi connectivity index (χ4n) is 6.73. The summed E-state index contributed by atoms with van der Waals surface area (Å²) in [6.45, 7) is 4.51. The molecule has 0 aliphatic heterocycles. The molecule has 0 spiro atoms. The Bertz CT molecular complexity index is 865. The van der Waals surface area contributed by atoms with Crippen LogP contribution in [0.4, 0.5) is 8.78 Å². The highest BCUT2D eigenvalue weighted by atomic mass is 19.1. The number of carbonyl (C=O) groups excluding carboxylic acids is 2. The zero-order valence-electron chi connectivity index (χ0n) is 16.0. The highest BCUT2D eigenvalue weighted by molar-refractivity contribution is 6.03. The van der Waals surface area contributed by atoms with Crippen molar-refractivity contribution in [3.63, 3.8) is 0 Å². The van der Waals surface area contributed by atoms with E-state index in [1.807, 2.05) is 0 Å². The fourth-order valence-corrected chi connectivity index (χ4v) is 6.73. The number of aliphatic carboxylic acids is 1. The van der Waals surface area contributed by atoms with Crippen molar-refractivity contribution in [2.75, 3.05) is 0 Å². The van der Waals surface area contributed by atoms with Gasteiger partial charge < -0.3 is 10.2 Å². The molecule has 7 heteroatoms. The lowest BCUT2D eigenvalue weighted by molar-refractivity contribution is -0.198. The van der Waals surface area contributed by atoms with Crippen LogP contribution >= 0.6 is 0 Å². The molecule has 0 radical (unpaired) electrons. The lowest BCUT2D eigenvalue weighted by Gasteiger charge is -2.59. The van der Waals surface area contributed by atoms with Gasteiger partial charge in [-0.25, -0.2) is 13.6 Å². The minimum atomic E-state index is -2.45. The number of fused-ring (bicyclic) bond motifs is 5. The van der Waals surface area contributed by atoms with Crippen molar-refractivity contribution in [3.8, 4) is 0 Å². The molecule has 0 aromatic heterocycles. The number of allylic oxidation sites excluding steroid dienone is 4. The first-order valence-corrected chi connectivity index (χ1v) is 9.61. The largest absolute Gasteiger partial charge is 0.479 e. The van der Waals surface area contributed by atoms with Crippen LogP contribution < -0.4 is 0 Å². The van der Waals surface area contributed by atoms with Crippen LogP contribution in [0.3, 0.4) is 0 Å². The maximum Gasteiger partial charge on any atom is 0.336 e. The number of hydrogen-bond donors (Lipinski definition) is 2. The number of halogens is 2. The Morgan fingerprint density at radius 3 is 2.46 bits per heavy atom. The molecule has 3 fully saturated rings. The van der Waals surface area contributed by atoms with Gasteiger partial charge in [-0.2, -0.15) is 0 Å². The summed E-state index contributed by atoms with van der Waals surface area (Å²) in [6.07, 6.45) is 1.34. The van der Waals surface area contributed by atoms with Gasteiger partial charge in [0.05, 0.1) is 5.41 Å². The number of alkyl halides is 2. The Morgan fingerprint density at radius 2 is 1.86 bits per heavy atom. The van der Waals surface area contributed by atoms with Crippen molar-refractivity contribution in [2.24, 2.45) is 28.6 Å². The molecule has 0 aromatic rings. The molecule has 2 N–H and O–H groups in total. The van der Waals surface area contributed by atoms with Crippen LogP contribution in [0.15, 0.2) is 23.8 Å². The normalized spacial score (nSPS) is 52.6. The number of carbonyl (C=O) groups is 3. The van der Waals surface area contributed by atoms with Crippen molar-refractivity contribution in [2.45, 2.75) is 57.5 Å². The lowest BCUT2D eigenvalue weighted by Crippen LogP contribution is -2.69. The highest BCUT2D eigenvalue weighted by Crippen LogP contribution is 2.69. The smallest absolute Gasteiger partial charge is 0.336 e. The van der Waals surface area contributed by atoms with E-state index in [1.54, 1.807) is 6.92 Å². The summed E-state index contributed by atoms with van der Waals surface area (Å²) in [4.78, 5) is 36.9. The van der Waals surface area contributed by atoms with Gasteiger partial charge in [0.25, 0.3) is 0 Å². The summed E-state index contributed by atoms with van der Waals surface area (Å²) in [5.74, 6) is -5.17. The third-order valence-corrected chi connectivity index (χ3v) is 8.30. The van der Waals surface area contributed by atoms with Crippen LogP contribution in [-0.2, 0) is 14.4 Å². The molecule has 4 aliphatic carbocycles. The van der Waals surface area contributed by atoms with E-state index >= 15 is 8.78 Å². The number of Topliss-reactive ketones (excluding diaryl/α,β-unsaturated/α-hetero) is 1. The van der Waals surface area contributed by atoms with Crippen molar-refractivity contribution < 1.29 is 33.4 Å². The summed E-state index contributed by atoms with van der Waals surface area (Å²) in [5, 5.41) is 20.8. The average Bonchev–Trinajstić information content (AvgIpc) is 2.81. The van der Waals surface area contributed by atoms with Crippen LogP contribution in [0, 0.1) is 28.6 Å². The van der Waals surface area contributed by atoms with E-state index in [4.69, 9.17) is 0 Å². The zero-order valence-corrected chi connectivity index (χ0v) is 16.0. The maximum absolute atomic E-state index is 16.7. The second-order valence-corrected chi connectivity index (χ2v) is 9.39. The van der Waals surface area contributed by atoms with Crippen LogP contribution in [0.2, 0.25) is 0 Å². The fraction of sp³-hybridized carbons (Fsp3) is 0.667. The Morgan fingerprint density at radius 1 is 1.21 bits per heavy atom. The first-order chi connectivity index (χ1) is 12.8. The molecular formula is C21H24F2O5. The van der Waals surface area contributed by atoms with Gasteiger partial charge in [-0.15, -0.1) is 0 Å². The van der Waals surface area contributed by atoms with Crippen LogP contribution in [-0.4, -0.2) is 45.2 Å². The maximum atomic E-state index is 16.7. The van der Waals surface area contributed by atoms with Gasteiger partial charge in [-0.1, -0.05) is 19.9 Å². The van der Waals surface area contributed by atoms with Crippen LogP contribution in [0.25, 0.3) is 0 Å². The number of ketones is 2. The quantitative estimate of drug-likeness (QED) is 0.713. The lowest BCUT2D eigenvalue weighted by atomic mass is 9.45. The van der Waals surface area contributed by atoms with Gasteiger partial charge >= 0.3 is 5.97 Å². The first-order valence-electron chi connectivity index (χ1n) is 9.61. The van der Waals surface area contributed by atoms with E-state index in [2.05, 4.69) is 0 Å². The van der Waals surface area contributed by atoms with Gasteiger partial charge in [-0.3, -0.25) is 9.59 Å². The van der Waals surface area contributed by atoms with Gasteiger partial charge in [0.1, 0.15) is 6.17 Å². The molecule has 0 bridgehead atoms. The minimum Gasteiger partial charge on any atom is -0.479 e. The van der Waals surface area contributed by atoms with Gasteiger partial charge in [0.15, 0.2) is 22.8 Å². The number of hydrogen-bond acceptors (Lipinski definition) is 4. The Labute approximate surface area is 161 Å². The Balaban J connectivity index is 1.90. The molecule has 5 nitrogen and oxygen atoms in total. The van der Waals surface area contributed by atoms with Crippen molar-refractivity contribution in [3.05, 3.63) is 23.8 Å². The number of carboxylic acids is 1. The third-order valence-electron chi connectivity index (χ3n) is 8.30. The zero-order chi connectivity index (χ0) is 20.9. The van der Waals surface area contributed by atoms with Crippen LogP contribution in [0.1, 0.15) is 40.0 Å². The SMILES string of the molecule is C[C@@H]1CC2C3C[C@H](F)C4=CC(=O)C=C[C@]4(C)[C@@]3(F)C(=O)C[C@]2(C)[C@@]1(O)C(=O)O. The summed E-state index contributed by atoms with van der Waals surface area (Å²) < 4.78 is 31.8. The molecule has 152 valence electrons.